The fraction of sp³-hybridized carbons (Fsp3) is 0.200. The van der Waals surface area contributed by atoms with Gasteiger partial charge in [-0.1, -0.05) is 17.3 Å². The fourth-order valence-electron chi connectivity index (χ4n) is 1.54. The van der Waals surface area contributed by atoms with Crippen molar-refractivity contribution in [2.75, 3.05) is 4.72 Å². The van der Waals surface area contributed by atoms with Crippen LogP contribution in [0.3, 0.4) is 0 Å². The quantitative estimate of drug-likeness (QED) is 0.818. The normalized spacial score (nSPS) is 11.5. The summed E-state index contributed by atoms with van der Waals surface area (Å²) in [6, 6.07) is 4.79. The van der Waals surface area contributed by atoms with E-state index in [0.29, 0.717) is 5.56 Å². The Balaban J connectivity index is 2.46. The van der Waals surface area contributed by atoms with Crippen molar-refractivity contribution in [3.8, 4) is 5.75 Å². The average molecular weight is 347 g/mol. The zero-order valence-electron chi connectivity index (χ0n) is 10.1. The van der Waals surface area contributed by atoms with Gasteiger partial charge < -0.3 is 5.11 Å². The molecule has 9 heteroatoms. The first-order valence-electron chi connectivity index (χ1n) is 5.19. The zero-order valence-corrected chi connectivity index (χ0v) is 12.5. The van der Waals surface area contributed by atoms with Crippen molar-refractivity contribution in [1.82, 2.24) is 15.0 Å². The lowest BCUT2D eigenvalue weighted by atomic mass is 10.2. The summed E-state index contributed by atoms with van der Waals surface area (Å²) in [7, 11) is -2.43. The van der Waals surface area contributed by atoms with Gasteiger partial charge in [0.15, 0.2) is 4.60 Å². The highest BCUT2D eigenvalue weighted by Crippen LogP contribution is 2.29. The highest BCUT2D eigenvalue weighted by Gasteiger charge is 2.25. The molecule has 102 valence electrons. The maximum Gasteiger partial charge on any atom is 0.282 e. The molecule has 2 rings (SSSR count). The minimum Gasteiger partial charge on any atom is -0.505 e. The van der Waals surface area contributed by atoms with E-state index in [1.165, 1.54) is 13.1 Å². The van der Waals surface area contributed by atoms with Crippen molar-refractivity contribution in [1.29, 1.82) is 0 Å². The van der Waals surface area contributed by atoms with E-state index in [2.05, 4.69) is 31.0 Å². The number of aryl methyl sites for hydroxylation is 2. The van der Waals surface area contributed by atoms with Gasteiger partial charge >= 0.3 is 0 Å². The number of anilines is 1. The number of halogens is 1. The van der Waals surface area contributed by atoms with Gasteiger partial charge in [0.25, 0.3) is 10.0 Å². The lowest BCUT2D eigenvalue weighted by molar-refractivity contribution is 0.473. The van der Waals surface area contributed by atoms with Crippen molar-refractivity contribution in [3.05, 3.63) is 28.4 Å². The molecule has 2 N–H and O–H groups in total. The van der Waals surface area contributed by atoms with Gasteiger partial charge in [-0.25, -0.2) is 4.68 Å². The third kappa shape index (κ3) is 2.56. The topological polar surface area (TPSA) is 97.1 Å². The van der Waals surface area contributed by atoms with Crippen molar-refractivity contribution in [2.24, 2.45) is 7.05 Å². The third-order valence-corrected chi connectivity index (χ3v) is 4.73. The Morgan fingerprint density at radius 3 is 2.68 bits per heavy atom. The molecule has 0 atom stereocenters. The number of aromatic hydroxyl groups is 1. The molecular formula is C10H11BrN4O3S. The molecule has 0 saturated carbocycles. The number of hydrogen-bond acceptors (Lipinski definition) is 5. The lowest BCUT2D eigenvalue weighted by Gasteiger charge is -2.10. The second kappa shape index (κ2) is 4.82. The minimum atomic E-state index is -3.89. The maximum absolute atomic E-state index is 12.2. The van der Waals surface area contributed by atoms with Gasteiger partial charge in [-0.15, -0.1) is 5.10 Å². The summed E-state index contributed by atoms with van der Waals surface area (Å²) in [5, 5.41) is 16.9. The number of benzene rings is 1. The van der Waals surface area contributed by atoms with Crippen LogP contribution in [-0.2, 0) is 17.1 Å². The van der Waals surface area contributed by atoms with Crippen molar-refractivity contribution in [3.63, 3.8) is 0 Å². The predicted octanol–water partition coefficient (Wildman–Crippen LogP) is 1.39. The molecule has 1 aromatic heterocycles. The van der Waals surface area contributed by atoms with Crippen LogP contribution in [0.25, 0.3) is 0 Å². The predicted molar refractivity (Wildman–Crippen MR) is 72.4 cm³/mol. The Morgan fingerprint density at radius 2 is 2.11 bits per heavy atom. The first-order chi connectivity index (χ1) is 8.83. The molecule has 0 saturated heterocycles. The Morgan fingerprint density at radius 1 is 1.42 bits per heavy atom. The third-order valence-electron chi connectivity index (χ3n) is 2.47. The number of sulfonamides is 1. The Bertz CT molecular complexity index is 707. The summed E-state index contributed by atoms with van der Waals surface area (Å²) in [5.74, 6) is -0.114. The second-order valence-electron chi connectivity index (χ2n) is 3.89. The van der Waals surface area contributed by atoms with E-state index < -0.39 is 10.0 Å². The summed E-state index contributed by atoms with van der Waals surface area (Å²) < 4.78 is 28.0. The molecular weight excluding hydrogens is 336 g/mol. The van der Waals surface area contributed by atoms with E-state index in [1.54, 1.807) is 19.1 Å². The standard InChI is InChI=1S/C10H11BrN4O3S/c1-6-4-3-5-7(8(6)16)13-19(17,18)10-9(11)12-14-15(10)2/h3-5,13,16H,1-2H3. The number of para-hydroxylation sites is 1. The molecule has 0 bridgehead atoms. The van der Waals surface area contributed by atoms with Gasteiger partial charge in [0, 0.05) is 7.05 Å². The molecule has 0 aliphatic carbocycles. The first kappa shape index (κ1) is 13.8. The van der Waals surface area contributed by atoms with E-state index >= 15 is 0 Å². The van der Waals surface area contributed by atoms with Crippen LogP contribution < -0.4 is 4.72 Å². The molecule has 0 spiro atoms. The van der Waals surface area contributed by atoms with Crippen LogP contribution in [-0.4, -0.2) is 28.5 Å². The summed E-state index contributed by atoms with van der Waals surface area (Å²) in [4.78, 5) is 0. The van der Waals surface area contributed by atoms with Gasteiger partial charge in [0.1, 0.15) is 5.75 Å². The number of aromatic nitrogens is 3. The number of nitrogens with one attached hydrogen (secondary N) is 1. The van der Waals surface area contributed by atoms with E-state index in [1.807, 2.05) is 0 Å². The number of hydrogen-bond donors (Lipinski definition) is 2. The summed E-state index contributed by atoms with van der Waals surface area (Å²) in [6.07, 6.45) is 0. The summed E-state index contributed by atoms with van der Waals surface area (Å²) in [6.45, 7) is 1.68. The van der Waals surface area contributed by atoms with Crippen molar-refractivity contribution < 1.29 is 13.5 Å². The van der Waals surface area contributed by atoms with Crippen LogP contribution in [0.4, 0.5) is 5.69 Å². The van der Waals surface area contributed by atoms with Crippen LogP contribution in [0, 0.1) is 6.92 Å². The van der Waals surface area contributed by atoms with Gasteiger partial charge in [0.05, 0.1) is 5.69 Å². The van der Waals surface area contributed by atoms with Gasteiger partial charge in [-0.2, -0.15) is 8.42 Å². The van der Waals surface area contributed by atoms with Crippen molar-refractivity contribution in [2.45, 2.75) is 11.9 Å². The highest BCUT2D eigenvalue weighted by atomic mass is 79.9. The number of phenols is 1. The van der Waals surface area contributed by atoms with Crippen LogP contribution in [0.2, 0.25) is 0 Å². The Labute approximate surface area is 118 Å². The Kier molecular flexibility index (Phi) is 3.50. The van der Waals surface area contributed by atoms with E-state index in [0.717, 1.165) is 4.68 Å². The SMILES string of the molecule is Cc1cccc(NS(=O)(=O)c2c(Br)nnn2C)c1O. The highest BCUT2D eigenvalue weighted by molar-refractivity contribution is 9.10. The van der Waals surface area contributed by atoms with E-state index in [9.17, 15) is 13.5 Å². The van der Waals surface area contributed by atoms with Gasteiger partial charge in [0.2, 0.25) is 5.03 Å². The zero-order chi connectivity index (χ0) is 14.2. The summed E-state index contributed by atoms with van der Waals surface area (Å²) >= 11 is 3.02. The maximum atomic E-state index is 12.2. The molecule has 0 fully saturated rings. The lowest BCUT2D eigenvalue weighted by Crippen LogP contribution is -2.17. The largest absolute Gasteiger partial charge is 0.505 e. The molecule has 0 amide bonds. The molecule has 1 aromatic carbocycles. The van der Waals surface area contributed by atoms with Gasteiger partial charge in [-0.05, 0) is 34.5 Å². The molecule has 2 aromatic rings. The van der Waals surface area contributed by atoms with E-state index in [-0.39, 0.29) is 21.1 Å². The van der Waals surface area contributed by atoms with Gasteiger partial charge in [-0.3, -0.25) is 4.72 Å². The monoisotopic (exact) mass is 346 g/mol. The summed E-state index contributed by atoms with van der Waals surface area (Å²) in [5.41, 5.74) is 0.676. The van der Waals surface area contributed by atoms with Crippen LogP contribution >= 0.6 is 15.9 Å². The second-order valence-corrected chi connectivity index (χ2v) is 6.23. The van der Waals surface area contributed by atoms with Crippen LogP contribution in [0.15, 0.2) is 27.8 Å². The molecule has 19 heavy (non-hydrogen) atoms. The minimum absolute atomic E-state index is 0.105. The number of phenolic OH excluding ortho intramolecular Hbond substituents is 1. The molecule has 1 heterocycles. The average Bonchev–Trinajstić information content (AvgIpc) is 2.65. The van der Waals surface area contributed by atoms with Crippen LogP contribution in [0.1, 0.15) is 5.56 Å². The fourth-order valence-corrected chi connectivity index (χ4v) is 3.71. The first-order valence-corrected chi connectivity index (χ1v) is 7.47. The number of nitrogens with zero attached hydrogens (tertiary/aromatic N) is 3. The van der Waals surface area contributed by atoms with Crippen molar-refractivity contribution >= 4 is 31.6 Å². The van der Waals surface area contributed by atoms with E-state index in [4.69, 9.17) is 0 Å². The Hall–Kier alpha value is -1.61. The molecule has 7 nitrogen and oxygen atoms in total. The van der Waals surface area contributed by atoms with Crippen LogP contribution in [0.5, 0.6) is 5.75 Å². The molecule has 0 radical (unpaired) electrons. The number of rotatable bonds is 3. The molecule has 0 unspecified atom stereocenters. The molecule has 0 aliphatic rings. The smallest absolute Gasteiger partial charge is 0.282 e. The molecule has 0 aliphatic heterocycles.